The minimum atomic E-state index is 0.240. The molecule has 1 heteroatoms. The van der Waals surface area contributed by atoms with Gasteiger partial charge in [-0.25, -0.2) is 0 Å². The summed E-state index contributed by atoms with van der Waals surface area (Å²) >= 11 is 0. The number of hydrogen-bond acceptors (Lipinski definition) is 1. The van der Waals surface area contributed by atoms with E-state index < -0.39 is 0 Å². The van der Waals surface area contributed by atoms with Crippen LogP contribution in [0.1, 0.15) is 31.7 Å². The minimum absolute atomic E-state index is 0.240. The maximum Gasteiger partial charge on any atom is 0.0165 e. The molecular weight excluding hydrogens is 182 g/mol. The molecule has 3 rings (SSSR count). The maximum absolute atomic E-state index is 6.43. The van der Waals surface area contributed by atoms with Crippen LogP contribution in [0.5, 0.6) is 0 Å². The summed E-state index contributed by atoms with van der Waals surface area (Å²) in [5, 5.41) is 0. The lowest BCUT2D eigenvalue weighted by molar-refractivity contribution is 0.252. The molecule has 1 aromatic rings. The van der Waals surface area contributed by atoms with Crippen molar-refractivity contribution in [2.75, 3.05) is 0 Å². The van der Waals surface area contributed by atoms with Gasteiger partial charge in [0.15, 0.2) is 0 Å². The van der Waals surface area contributed by atoms with E-state index >= 15 is 0 Å². The van der Waals surface area contributed by atoms with Crippen molar-refractivity contribution in [3.05, 3.63) is 35.9 Å². The topological polar surface area (TPSA) is 26.0 Å². The zero-order valence-electron chi connectivity index (χ0n) is 9.32. The fourth-order valence-electron chi connectivity index (χ4n) is 3.87. The van der Waals surface area contributed by atoms with Crippen LogP contribution in [0.4, 0.5) is 0 Å². The summed E-state index contributed by atoms with van der Waals surface area (Å²) in [6.45, 7) is 2.37. The molecule has 0 amide bonds. The highest BCUT2D eigenvalue weighted by Crippen LogP contribution is 2.55. The third kappa shape index (κ3) is 1.13. The Kier molecular flexibility index (Phi) is 1.93. The number of benzene rings is 1. The minimum Gasteiger partial charge on any atom is -0.327 e. The Balaban J connectivity index is 2.04. The van der Waals surface area contributed by atoms with Gasteiger partial charge in [-0.2, -0.15) is 0 Å². The van der Waals surface area contributed by atoms with Crippen LogP contribution in [0, 0.1) is 11.8 Å². The molecule has 1 aromatic carbocycles. The quantitative estimate of drug-likeness (QED) is 0.742. The molecule has 0 radical (unpaired) electrons. The lowest BCUT2D eigenvalue weighted by atomic mass is 9.67. The molecule has 2 aliphatic carbocycles. The summed E-state index contributed by atoms with van der Waals surface area (Å²) in [6.07, 6.45) is 4.09. The van der Waals surface area contributed by atoms with E-state index in [1.54, 1.807) is 0 Å². The molecule has 15 heavy (non-hydrogen) atoms. The predicted molar refractivity (Wildman–Crippen MR) is 62.6 cm³/mol. The first-order chi connectivity index (χ1) is 7.23. The molecule has 0 aliphatic heterocycles. The highest BCUT2D eigenvalue weighted by molar-refractivity contribution is 5.32. The van der Waals surface area contributed by atoms with Crippen molar-refractivity contribution in [3.63, 3.8) is 0 Å². The zero-order valence-corrected chi connectivity index (χ0v) is 9.32. The van der Waals surface area contributed by atoms with Crippen molar-refractivity contribution in [3.8, 4) is 0 Å². The Hall–Kier alpha value is -0.820. The predicted octanol–water partition coefficient (Wildman–Crippen LogP) is 2.70. The zero-order chi connectivity index (χ0) is 10.5. The Morgan fingerprint density at radius 3 is 2.53 bits per heavy atom. The van der Waals surface area contributed by atoms with Crippen LogP contribution in [0.3, 0.4) is 0 Å². The van der Waals surface area contributed by atoms with E-state index in [1.807, 2.05) is 0 Å². The highest BCUT2D eigenvalue weighted by atomic mass is 14.8. The number of nitrogens with two attached hydrogens (primary N) is 1. The van der Waals surface area contributed by atoms with Crippen molar-refractivity contribution in [1.29, 1.82) is 0 Å². The molecule has 0 spiro atoms. The van der Waals surface area contributed by atoms with Gasteiger partial charge in [-0.1, -0.05) is 37.3 Å². The van der Waals surface area contributed by atoms with Crippen LogP contribution in [0.15, 0.2) is 30.3 Å². The van der Waals surface area contributed by atoms with E-state index in [9.17, 15) is 0 Å². The van der Waals surface area contributed by atoms with Gasteiger partial charge in [-0.05, 0) is 36.7 Å². The number of fused-ring (bicyclic) bond motifs is 2. The molecule has 2 aliphatic rings. The summed E-state index contributed by atoms with van der Waals surface area (Å²) in [7, 11) is 0. The second-order valence-corrected chi connectivity index (χ2v) is 5.44. The Labute approximate surface area is 91.7 Å². The van der Waals surface area contributed by atoms with Crippen LogP contribution in [-0.4, -0.2) is 6.04 Å². The van der Waals surface area contributed by atoms with Crippen molar-refractivity contribution >= 4 is 0 Å². The van der Waals surface area contributed by atoms with Crippen molar-refractivity contribution < 1.29 is 0 Å². The van der Waals surface area contributed by atoms with Crippen LogP contribution in [0.25, 0.3) is 0 Å². The number of rotatable bonds is 1. The molecule has 4 atom stereocenters. The molecule has 2 N–H and O–H groups in total. The van der Waals surface area contributed by atoms with E-state index in [0.717, 1.165) is 11.8 Å². The van der Waals surface area contributed by atoms with Gasteiger partial charge in [-0.3, -0.25) is 0 Å². The molecule has 1 unspecified atom stereocenters. The molecule has 0 saturated heterocycles. The van der Waals surface area contributed by atoms with E-state index in [4.69, 9.17) is 5.73 Å². The van der Waals surface area contributed by atoms with Crippen LogP contribution in [0.2, 0.25) is 0 Å². The number of hydrogen-bond donors (Lipinski definition) is 1. The molecule has 0 heterocycles. The lowest BCUT2D eigenvalue weighted by Crippen LogP contribution is -2.47. The van der Waals surface area contributed by atoms with Gasteiger partial charge in [0.05, 0.1) is 0 Å². The lowest BCUT2D eigenvalue weighted by Gasteiger charge is -2.39. The van der Waals surface area contributed by atoms with Crippen LogP contribution < -0.4 is 5.73 Å². The van der Waals surface area contributed by atoms with E-state index in [0.29, 0.717) is 6.04 Å². The summed E-state index contributed by atoms with van der Waals surface area (Å²) in [5.41, 5.74) is 8.12. The Morgan fingerprint density at radius 2 is 1.93 bits per heavy atom. The maximum atomic E-state index is 6.43. The van der Waals surface area contributed by atoms with Crippen molar-refractivity contribution in [2.45, 2.75) is 37.6 Å². The highest BCUT2D eigenvalue weighted by Gasteiger charge is 2.54. The monoisotopic (exact) mass is 201 g/mol. The first-order valence-electron chi connectivity index (χ1n) is 6.04. The summed E-state index contributed by atoms with van der Waals surface area (Å²) < 4.78 is 0. The molecule has 2 bridgehead atoms. The van der Waals surface area contributed by atoms with E-state index in [1.165, 1.54) is 24.8 Å². The van der Waals surface area contributed by atoms with Crippen molar-refractivity contribution in [2.24, 2.45) is 17.6 Å². The summed E-state index contributed by atoms with van der Waals surface area (Å²) in [4.78, 5) is 0. The smallest absolute Gasteiger partial charge is 0.0165 e. The summed E-state index contributed by atoms with van der Waals surface area (Å²) in [5.74, 6) is 1.60. The largest absolute Gasteiger partial charge is 0.327 e. The molecule has 2 fully saturated rings. The van der Waals surface area contributed by atoms with Crippen molar-refractivity contribution in [1.82, 2.24) is 0 Å². The van der Waals surface area contributed by atoms with Gasteiger partial charge in [0.25, 0.3) is 0 Å². The van der Waals surface area contributed by atoms with Gasteiger partial charge in [-0.15, -0.1) is 0 Å². The third-order valence-electron chi connectivity index (χ3n) is 4.92. The first kappa shape index (κ1) is 9.41. The SMILES string of the molecule is CC1(c2ccccc2)[C@H]2CC[C@H](C2)[C@H]1N. The second kappa shape index (κ2) is 3.08. The Bertz CT molecular complexity index is 355. The summed E-state index contributed by atoms with van der Waals surface area (Å²) in [6, 6.07) is 11.2. The van der Waals surface area contributed by atoms with Gasteiger partial charge in [0.2, 0.25) is 0 Å². The average molecular weight is 201 g/mol. The first-order valence-corrected chi connectivity index (χ1v) is 6.04. The standard InChI is InChI=1S/C14H19N/c1-14(11-5-3-2-4-6-11)12-8-7-10(9-12)13(14)15/h2-6,10,12-13H,7-9,15H2,1H3/t10-,12+,13-,14?/m1/s1. The van der Waals surface area contributed by atoms with E-state index in [2.05, 4.69) is 37.3 Å². The van der Waals surface area contributed by atoms with Gasteiger partial charge < -0.3 is 5.73 Å². The molecule has 2 saturated carbocycles. The van der Waals surface area contributed by atoms with Crippen LogP contribution >= 0.6 is 0 Å². The van der Waals surface area contributed by atoms with Crippen LogP contribution in [-0.2, 0) is 5.41 Å². The molecule has 80 valence electrons. The third-order valence-corrected chi connectivity index (χ3v) is 4.92. The van der Waals surface area contributed by atoms with Gasteiger partial charge >= 0.3 is 0 Å². The fourth-order valence-corrected chi connectivity index (χ4v) is 3.87. The average Bonchev–Trinajstić information content (AvgIpc) is 2.84. The Morgan fingerprint density at radius 1 is 1.20 bits per heavy atom. The molecular formula is C14H19N. The van der Waals surface area contributed by atoms with Gasteiger partial charge in [0.1, 0.15) is 0 Å². The second-order valence-electron chi connectivity index (χ2n) is 5.44. The van der Waals surface area contributed by atoms with Gasteiger partial charge in [0, 0.05) is 11.5 Å². The normalized spacial score (nSPS) is 43.5. The van der Waals surface area contributed by atoms with E-state index in [-0.39, 0.29) is 5.41 Å². The fraction of sp³-hybridized carbons (Fsp3) is 0.571. The molecule has 0 aromatic heterocycles. The molecule has 1 nitrogen and oxygen atoms in total.